The lowest BCUT2D eigenvalue weighted by Gasteiger charge is -2.14. The van der Waals surface area contributed by atoms with Crippen LogP contribution >= 0.6 is 0 Å². The van der Waals surface area contributed by atoms with Gasteiger partial charge in [-0.05, 0) is 18.2 Å². The van der Waals surface area contributed by atoms with E-state index in [4.69, 9.17) is 0 Å². The lowest BCUT2D eigenvalue weighted by atomic mass is 10.3. The summed E-state index contributed by atoms with van der Waals surface area (Å²) in [5, 5.41) is 6.37. The molecular formula is C17H21N5OS. The minimum atomic E-state index is -1.09. The van der Waals surface area contributed by atoms with Gasteiger partial charge in [0.15, 0.2) is 5.82 Å². The molecule has 0 aliphatic rings. The third kappa shape index (κ3) is 2.99. The summed E-state index contributed by atoms with van der Waals surface area (Å²) in [7, 11) is 2.65. The number of fused-ring (bicyclic) bond motifs is 1. The standard InChI is InChI=1S/C17H21N5OS/c1-11(2)24(23)14-8-6-5-7-12(14)19-16-15-13(9-10-22(15)4)20-17(18-3)21-16/h5-11H,1-4H3,(H2,18,19,20,21). The Labute approximate surface area is 143 Å². The van der Waals surface area contributed by atoms with Gasteiger partial charge in [0.05, 0.1) is 26.9 Å². The summed E-state index contributed by atoms with van der Waals surface area (Å²) in [5.74, 6) is 1.23. The molecule has 0 amide bonds. The average molecular weight is 343 g/mol. The van der Waals surface area contributed by atoms with Crippen LogP contribution in [0, 0.1) is 0 Å². The first kappa shape index (κ1) is 16.4. The molecule has 3 aromatic rings. The van der Waals surface area contributed by atoms with E-state index in [1.165, 1.54) is 0 Å². The molecule has 2 N–H and O–H groups in total. The van der Waals surface area contributed by atoms with Crippen LogP contribution in [0.5, 0.6) is 0 Å². The van der Waals surface area contributed by atoms with E-state index in [9.17, 15) is 4.21 Å². The van der Waals surface area contributed by atoms with Gasteiger partial charge in [-0.1, -0.05) is 26.0 Å². The van der Waals surface area contributed by atoms with E-state index in [1.54, 1.807) is 7.05 Å². The van der Waals surface area contributed by atoms with Gasteiger partial charge >= 0.3 is 0 Å². The minimum absolute atomic E-state index is 0.0428. The van der Waals surface area contributed by atoms with Crippen molar-refractivity contribution in [3.63, 3.8) is 0 Å². The number of aryl methyl sites for hydroxylation is 1. The first-order valence-electron chi connectivity index (χ1n) is 7.78. The summed E-state index contributed by atoms with van der Waals surface area (Å²) < 4.78 is 14.6. The first-order chi connectivity index (χ1) is 11.5. The molecule has 2 aromatic heterocycles. The van der Waals surface area contributed by atoms with Crippen LogP contribution in [0.15, 0.2) is 41.4 Å². The van der Waals surface area contributed by atoms with Crippen molar-refractivity contribution in [2.45, 2.75) is 24.0 Å². The zero-order valence-corrected chi connectivity index (χ0v) is 15.0. The molecular weight excluding hydrogens is 322 g/mol. The van der Waals surface area contributed by atoms with Crippen molar-refractivity contribution in [3.05, 3.63) is 36.5 Å². The number of aromatic nitrogens is 3. The monoisotopic (exact) mass is 343 g/mol. The van der Waals surface area contributed by atoms with Crippen LogP contribution in [0.2, 0.25) is 0 Å². The Kier molecular flexibility index (Phi) is 4.53. The fourth-order valence-electron chi connectivity index (χ4n) is 2.52. The average Bonchev–Trinajstić information content (AvgIpc) is 2.96. The van der Waals surface area contributed by atoms with Gasteiger partial charge in [-0.3, -0.25) is 4.21 Å². The SMILES string of the molecule is CNc1nc(Nc2ccccc2S(=O)C(C)C)c2c(ccn2C)n1. The topological polar surface area (TPSA) is 71.8 Å². The summed E-state index contributed by atoms with van der Waals surface area (Å²) in [5.41, 5.74) is 2.55. The molecule has 0 saturated carbocycles. The van der Waals surface area contributed by atoms with E-state index < -0.39 is 10.8 Å². The van der Waals surface area contributed by atoms with Gasteiger partial charge in [-0.25, -0.2) is 4.98 Å². The van der Waals surface area contributed by atoms with Crippen molar-refractivity contribution in [2.24, 2.45) is 7.05 Å². The number of hydrogen-bond acceptors (Lipinski definition) is 5. The van der Waals surface area contributed by atoms with Gasteiger partial charge in [0.1, 0.15) is 5.52 Å². The number of rotatable bonds is 5. The van der Waals surface area contributed by atoms with Gasteiger partial charge in [0, 0.05) is 25.5 Å². The van der Waals surface area contributed by atoms with Gasteiger partial charge in [-0.2, -0.15) is 4.98 Å². The maximum absolute atomic E-state index is 12.6. The van der Waals surface area contributed by atoms with Crippen molar-refractivity contribution < 1.29 is 4.21 Å². The fraction of sp³-hybridized carbons (Fsp3) is 0.294. The number of hydrogen-bond donors (Lipinski definition) is 2. The number of para-hydroxylation sites is 1. The van der Waals surface area contributed by atoms with E-state index in [-0.39, 0.29) is 5.25 Å². The highest BCUT2D eigenvalue weighted by atomic mass is 32.2. The molecule has 1 unspecified atom stereocenters. The smallest absolute Gasteiger partial charge is 0.225 e. The third-order valence-electron chi connectivity index (χ3n) is 3.73. The molecule has 0 aliphatic carbocycles. The normalized spacial score (nSPS) is 12.5. The van der Waals surface area contributed by atoms with Crippen LogP contribution in [0.25, 0.3) is 11.0 Å². The minimum Gasteiger partial charge on any atom is -0.357 e. The number of nitrogens with one attached hydrogen (secondary N) is 2. The van der Waals surface area contributed by atoms with E-state index >= 15 is 0 Å². The van der Waals surface area contributed by atoms with E-state index in [2.05, 4.69) is 20.6 Å². The van der Waals surface area contributed by atoms with Gasteiger partial charge in [-0.15, -0.1) is 0 Å². The molecule has 126 valence electrons. The third-order valence-corrected chi connectivity index (χ3v) is 5.37. The van der Waals surface area contributed by atoms with Crippen LogP contribution in [0.3, 0.4) is 0 Å². The molecule has 24 heavy (non-hydrogen) atoms. The number of nitrogens with zero attached hydrogens (tertiary/aromatic N) is 3. The van der Waals surface area contributed by atoms with Crippen molar-refractivity contribution in [2.75, 3.05) is 17.7 Å². The number of benzene rings is 1. The van der Waals surface area contributed by atoms with Crippen LogP contribution < -0.4 is 10.6 Å². The van der Waals surface area contributed by atoms with Crippen molar-refractivity contribution in [1.82, 2.24) is 14.5 Å². The molecule has 0 bridgehead atoms. The van der Waals surface area contributed by atoms with Crippen molar-refractivity contribution in [1.29, 1.82) is 0 Å². The second-order valence-electron chi connectivity index (χ2n) is 5.77. The maximum Gasteiger partial charge on any atom is 0.225 e. The highest BCUT2D eigenvalue weighted by Gasteiger charge is 2.16. The second kappa shape index (κ2) is 6.60. The molecule has 0 saturated heterocycles. The lowest BCUT2D eigenvalue weighted by Crippen LogP contribution is -2.09. The van der Waals surface area contributed by atoms with Crippen LogP contribution in [-0.4, -0.2) is 31.0 Å². The number of anilines is 3. The summed E-state index contributed by atoms with van der Waals surface area (Å²) in [6, 6.07) is 9.58. The van der Waals surface area contributed by atoms with E-state index in [0.29, 0.717) is 11.8 Å². The highest BCUT2D eigenvalue weighted by molar-refractivity contribution is 7.85. The van der Waals surface area contributed by atoms with Crippen LogP contribution in [-0.2, 0) is 17.8 Å². The van der Waals surface area contributed by atoms with Gasteiger partial charge in [0.25, 0.3) is 0 Å². The summed E-state index contributed by atoms with van der Waals surface area (Å²) in [4.78, 5) is 9.78. The Hall–Kier alpha value is -2.41. The summed E-state index contributed by atoms with van der Waals surface area (Å²) in [6.07, 6.45) is 1.95. The quantitative estimate of drug-likeness (QED) is 0.744. The largest absolute Gasteiger partial charge is 0.357 e. The Morgan fingerprint density at radius 1 is 1.17 bits per heavy atom. The Morgan fingerprint density at radius 2 is 1.92 bits per heavy atom. The summed E-state index contributed by atoms with van der Waals surface area (Å²) in [6.45, 7) is 3.90. The molecule has 0 aliphatic heterocycles. The second-order valence-corrected chi connectivity index (χ2v) is 7.75. The Bertz CT molecular complexity index is 903. The first-order valence-corrected chi connectivity index (χ1v) is 9.00. The van der Waals surface area contributed by atoms with E-state index in [1.807, 2.05) is 62.0 Å². The summed E-state index contributed by atoms with van der Waals surface area (Å²) >= 11 is 0. The molecule has 1 atom stereocenters. The maximum atomic E-state index is 12.6. The zero-order valence-electron chi connectivity index (χ0n) is 14.2. The molecule has 1 aromatic carbocycles. The molecule has 6 nitrogen and oxygen atoms in total. The molecule has 3 rings (SSSR count). The molecule has 0 fully saturated rings. The highest BCUT2D eigenvalue weighted by Crippen LogP contribution is 2.29. The van der Waals surface area contributed by atoms with Crippen LogP contribution in [0.4, 0.5) is 17.5 Å². The molecule has 2 heterocycles. The zero-order chi connectivity index (χ0) is 17.3. The lowest BCUT2D eigenvalue weighted by molar-refractivity contribution is 0.677. The van der Waals surface area contributed by atoms with Crippen LogP contribution in [0.1, 0.15) is 13.8 Å². The predicted molar refractivity (Wildman–Crippen MR) is 99.3 cm³/mol. The van der Waals surface area contributed by atoms with Gasteiger partial charge < -0.3 is 15.2 Å². The molecule has 0 spiro atoms. The van der Waals surface area contributed by atoms with Gasteiger partial charge in [0.2, 0.25) is 5.95 Å². The predicted octanol–water partition coefficient (Wildman–Crippen LogP) is 3.27. The molecule has 7 heteroatoms. The Morgan fingerprint density at radius 3 is 2.62 bits per heavy atom. The molecule has 0 radical (unpaired) electrons. The fourth-order valence-corrected chi connectivity index (χ4v) is 3.58. The van der Waals surface area contributed by atoms with Crippen molar-refractivity contribution >= 4 is 39.3 Å². The Balaban J connectivity index is 2.11. The van der Waals surface area contributed by atoms with Crippen molar-refractivity contribution in [3.8, 4) is 0 Å². The van der Waals surface area contributed by atoms with E-state index in [0.717, 1.165) is 21.6 Å².